The lowest BCUT2D eigenvalue weighted by Crippen LogP contribution is -2.27. The summed E-state index contributed by atoms with van der Waals surface area (Å²) in [6.07, 6.45) is 6.47. The van der Waals surface area contributed by atoms with E-state index in [1.807, 2.05) is 26.0 Å². The highest BCUT2D eigenvalue weighted by atomic mass is 79.9. The quantitative estimate of drug-likeness (QED) is 0.169. The van der Waals surface area contributed by atoms with Crippen molar-refractivity contribution in [3.8, 4) is 23.0 Å². The number of phenolic OH excluding ortho intramolecular Hbond substituents is 1. The van der Waals surface area contributed by atoms with Crippen LogP contribution < -0.4 is 14.2 Å². The molecule has 0 bridgehead atoms. The molecule has 0 unspecified atom stereocenters. The van der Waals surface area contributed by atoms with Gasteiger partial charge in [0, 0.05) is 10.5 Å². The lowest BCUT2D eigenvalue weighted by atomic mass is 9.97. The van der Waals surface area contributed by atoms with Gasteiger partial charge >= 0.3 is 5.97 Å². The molecule has 1 heterocycles. The number of fused-ring (bicyclic) bond motifs is 1. The first-order valence-electron chi connectivity index (χ1n) is 10.8. The number of ether oxygens (including phenoxy) is 3. The molecule has 0 aliphatic carbocycles. The van der Waals surface area contributed by atoms with E-state index < -0.39 is 17.4 Å². The summed E-state index contributed by atoms with van der Waals surface area (Å²) in [6, 6.07) is 15.3. The number of methoxy groups -OCH3 is 1. The zero-order chi connectivity index (χ0) is 25.2. The average molecular weight is 535 g/mol. The van der Waals surface area contributed by atoms with Gasteiger partial charge in [-0.3, -0.25) is 4.79 Å². The van der Waals surface area contributed by atoms with Crippen LogP contribution in [0.5, 0.6) is 23.0 Å². The summed E-state index contributed by atoms with van der Waals surface area (Å²) in [7, 11) is 1.43. The number of ketones is 1. The Morgan fingerprint density at radius 3 is 2.51 bits per heavy atom. The van der Waals surface area contributed by atoms with Crippen molar-refractivity contribution in [1.29, 1.82) is 0 Å². The maximum absolute atomic E-state index is 13.0. The van der Waals surface area contributed by atoms with Crippen LogP contribution >= 0.6 is 15.9 Å². The van der Waals surface area contributed by atoms with E-state index in [0.717, 1.165) is 0 Å². The Kier molecular flexibility index (Phi) is 6.80. The first kappa shape index (κ1) is 24.3. The van der Waals surface area contributed by atoms with Gasteiger partial charge in [-0.25, -0.2) is 4.79 Å². The third-order valence-electron chi connectivity index (χ3n) is 5.36. The van der Waals surface area contributed by atoms with E-state index in [1.54, 1.807) is 60.7 Å². The molecule has 178 valence electrons. The third-order valence-corrected chi connectivity index (χ3v) is 6.05. The average Bonchev–Trinajstić information content (AvgIpc) is 2.82. The molecule has 35 heavy (non-hydrogen) atoms. The Hall–Kier alpha value is -3.84. The number of esters is 1. The monoisotopic (exact) mass is 534 g/mol. The molecule has 0 saturated carbocycles. The van der Waals surface area contributed by atoms with Gasteiger partial charge in [0.05, 0.1) is 18.2 Å². The topological polar surface area (TPSA) is 82.1 Å². The molecule has 4 rings (SSSR count). The summed E-state index contributed by atoms with van der Waals surface area (Å²) in [6.45, 7) is 3.78. The molecule has 0 radical (unpaired) electrons. The summed E-state index contributed by atoms with van der Waals surface area (Å²) >= 11 is 3.44. The second-order valence-electron chi connectivity index (χ2n) is 8.39. The van der Waals surface area contributed by atoms with Crippen molar-refractivity contribution >= 4 is 39.8 Å². The maximum atomic E-state index is 13.0. The summed E-state index contributed by atoms with van der Waals surface area (Å²) in [5.41, 5.74) is 0.935. The van der Waals surface area contributed by atoms with E-state index in [9.17, 15) is 14.7 Å². The number of para-hydroxylation sites is 1. The molecule has 0 atom stereocenters. The molecule has 0 amide bonds. The second kappa shape index (κ2) is 9.80. The molecule has 0 saturated heterocycles. The second-order valence-corrected chi connectivity index (χ2v) is 9.24. The highest BCUT2D eigenvalue weighted by Gasteiger charge is 2.28. The zero-order valence-corrected chi connectivity index (χ0v) is 21.0. The van der Waals surface area contributed by atoms with Crippen molar-refractivity contribution in [2.75, 3.05) is 7.11 Å². The van der Waals surface area contributed by atoms with Crippen LogP contribution in [0.2, 0.25) is 0 Å². The Morgan fingerprint density at radius 2 is 1.83 bits per heavy atom. The predicted octanol–water partition coefficient (Wildman–Crippen LogP) is 6.46. The highest BCUT2D eigenvalue weighted by Crippen LogP contribution is 2.43. The molecular formula is C28H23BrO6. The molecule has 1 aliphatic heterocycles. The van der Waals surface area contributed by atoms with Gasteiger partial charge in [0.2, 0.25) is 0 Å². The number of rotatable bonds is 6. The van der Waals surface area contributed by atoms with Gasteiger partial charge in [0.1, 0.15) is 34.2 Å². The van der Waals surface area contributed by atoms with E-state index in [4.69, 9.17) is 14.2 Å². The third kappa shape index (κ3) is 5.30. The maximum Gasteiger partial charge on any atom is 0.343 e. The molecule has 7 heteroatoms. The summed E-state index contributed by atoms with van der Waals surface area (Å²) in [4.78, 5) is 25.5. The molecule has 0 spiro atoms. The number of phenols is 1. The SMILES string of the molecule is COc1cc2c(c(O)c1C(=O)C=Cc1ccc(C(=O)Oc3ccccc3)cc1Br)C=CC(C)(C)O2. The number of carbonyl (C=O) groups excluding carboxylic acids is 2. The first-order chi connectivity index (χ1) is 16.7. The van der Waals surface area contributed by atoms with Crippen molar-refractivity contribution in [3.05, 3.63) is 93.5 Å². The van der Waals surface area contributed by atoms with Gasteiger partial charge in [-0.2, -0.15) is 0 Å². The lowest BCUT2D eigenvalue weighted by molar-refractivity contribution is 0.0734. The van der Waals surface area contributed by atoms with Crippen LogP contribution in [0.3, 0.4) is 0 Å². The largest absolute Gasteiger partial charge is 0.506 e. The van der Waals surface area contributed by atoms with Gasteiger partial charge in [-0.05, 0) is 68.0 Å². The highest BCUT2D eigenvalue weighted by molar-refractivity contribution is 9.10. The van der Waals surface area contributed by atoms with Gasteiger partial charge in [0.25, 0.3) is 0 Å². The smallest absolute Gasteiger partial charge is 0.343 e. The molecule has 1 aliphatic rings. The van der Waals surface area contributed by atoms with Gasteiger partial charge in [-0.15, -0.1) is 0 Å². The minimum Gasteiger partial charge on any atom is -0.506 e. The fraction of sp³-hybridized carbons (Fsp3) is 0.143. The van der Waals surface area contributed by atoms with Crippen LogP contribution in [0.15, 0.2) is 71.2 Å². The van der Waals surface area contributed by atoms with E-state index >= 15 is 0 Å². The molecule has 3 aromatic rings. The van der Waals surface area contributed by atoms with E-state index in [2.05, 4.69) is 15.9 Å². The number of halogens is 1. The van der Waals surface area contributed by atoms with Gasteiger partial charge in [0.15, 0.2) is 5.78 Å². The van der Waals surface area contributed by atoms with Gasteiger partial charge < -0.3 is 19.3 Å². The summed E-state index contributed by atoms with van der Waals surface area (Å²) in [5, 5.41) is 10.8. The van der Waals surface area contributed by atoms with Crippen LogP contribution in [0.1, 0.15) is 45.7 Å². The number of benzene rings is 3. The Bertz CT molecular complexity index is 1360. The van der Waals surface area contributed by atoms with Crippen LogP contribution in [0.4, 0.5) is 0 Å². The molecule has 0 aromatic heterocycles. The van der Waals surface area contributed by atoms with Crippen molar-refractivity contribution in [2.45, 2.75) is 19.4 Å². The van der Waals surface area contributed by atoms with Crippen LogP contribution in [0.25, 0.3) is 12.2 Å². The molecule has 6 nitrogen and oxygen atoms in total. The lowest BCUT2D eigenvalue weighted by Gasteiger charge is -2.29. The van der Waals surface area contributed by atoms with E-state index in [1.165, 1.54) is 13.2 Å². The van der Waals surface area contributed by atoms with Crippen molar-refractivity contribution in [3.63, 3.8) is 0 Å². The molecule has 0 fully saturated rings. The van der Waals surface area contributed by atoms with Crippen LogP contribution in [0, 0.1) is 0 Å². The fourth-order valence-electron chi connectivity index (χ4n) is 3.58. The van der Waals surface area contributed by atoms with Gasteiger partial charge in [-0.1, -0.05) is 40.2 Å². The minimum absolute atomic E-state index is 0.0367. The van der Waals surface area contributed by atoms with E-state index in [-0.39, 0.29) is 17.1 Å². The van der Waals surface area contributed by atoms with Crippen molar-refractivity contribution in [1.82, 2.24) is 0 Å². The number of hydrogen-bond acceptors (Lipinski definition) is 6. The molecular weight excluding hydrogens is 512 g/mol. The zero-order valence-electron chi connectivity index (χ0n) is 19.4. The fourth-order valence-corrected chi connectivity index (χ4v) is 4.09. The Labute approximate surface area is 211 Å². The number of carbonyl (C=O) groups is 2. The predicted molar refractivity (Wildman–Crippen MR) is 137 cm³/mol. The summed E-state index contributed by atoms with van der Waals surface area (Å²) in [5.74, 6) is -0.0525. The number of allylic oxidation sites excluding steroid dienone is 1. The number of hydrogen-bond donors (Lipinski definition) is 1. The first-order valence-corrected chi connectivity index (χ1v) is 11.6. The van der Waals surface area contributed by atoms with Crippen molar-refractivity contribution < 1.29 is 28.9 Å². The molecule has 3 aromatic carbocycles. The minimum atomic E-state index is -0.540. The Morgan fingerprint density at radius 1 is 1.09 bits per heavy atom. The van der Waals surface area contributed by atoms with Crippen LogP contribution in [-0.2, 0) is 0 Å². The van der Waals surface area contributed by atoms with E-state index in [0.29, 0.717) is 32.7 Å². The summed E-state index contributed by atoms with van der Waals surface area (Å²) < 4.78 is 17.2. The number of aromatic hydroxyl groups is 1. The molecule has 1 N–H and O–H groups in total. The standard InChI is InChI=1S/C28H23BrO6/c1-28(2)14-13-20-23(35-28)16-24(33-3)25(26(20)31)22(30)12-11-17-9-10-18(15-21(17)29)27(32)34-19-7-5-4-6-8-19/h4-16,31H,1-3H3. The van der Waals surface area contributed by atoms with Crippen molar-refractivity contribution in [2.24, 2.45) is 0 Å². The normalized spacial score (nSPS) is 13.7. The Balaban J connectivity index is 1.57. The van der Waals surface area contributed by atoms with Crippen LogP contribution in [-0.4, -0.2) is 29.6 Å².